The van der Waals surface area contributed by atoms with Crippen LogP contribution in [0.3, 0.4) is 0 Å². The Labute approximate surface area is 86.8 Å². The van der Waals surface area contributed by atoms with Gasteiger partial charge in [-0.2, -0.15) is 37.9 Å². The van der Waals surface area contributed by atoms with Crippen LogP contribution in [0, 0.1) is 5.92 Å². The Bertz CT molecular complexity index is 96.0. The van der Waals surface area contributed by atoms with Crippen molar-refractivity contribution in [3.63, 3.8) is 0 Å². The van der Waals surface area contributed by atoms with Crippen LogP contribution >= 0.6 is 37.9 Å². The summed E-state index contributed by atoms with van der Waals surface area (Å²) in [4.78, 5) is 0. The normalized spacial score (nSPS) is 15.0. The van der Waals surface area contributed by atoms with E-state index in [9.17, 15) is 0 Å². The number of hydrogen-bond acceptors (Lipinski definition) is 3. The molecule has 0 amide bonds. The Kier molecular flexibility index (Phi) is 6.19. The summed E-state index contributed by atoms with van der Waals surface area (Å²) in [6, 6.07) is 0. The second-order valence-electron chi connectivity index (χ2n) is 2.93. The third-order valence-corrected chi connectivity index (χ3v) is 3.04. The Morgan fingerprint density at radius 1 is 1.18 bits per heavy atom. The van der Waals surface area contributed by atoms with Crippen molar-refractivity contribution >= 4 is 37.9 Å². The van der Waals surface area contributed by atoms with Crippen LogP contribution in [0.4, 0.5) is 0 Å². The topological polar surface area (TPSA) is 0 Å². The van der Waals surface area contributed by atoms with Crippen molar-refractivity contribution < 1.29 is 0 Å². The minimum atomic E-state index is -0.399. The molecule has 0 aliphatic carbocycles. The van der Waals surface area contributed by atoms with E-state index >= 15 is 0 Å². The summed E-state index contributed by atoms with van der Waals surface area (Å²) in [5, 5.41) is 0. The first-order chi connectivity index (χ1) is 5.02. The molecule has 3 heteroatoms. The lowest BCUT2D eigenvalue weighted by Gasteiger charge is -2.26. The van der Waals surface area contributed by atoms with Crippen LogP contribution in [-0.2, 0) is 0 Å². The third kappa shape index (κ3) is 5.31. The second kappa shape index (κ2) is 5.65. The minimum Gasteiger partial charge on any atom is -0.151 e. The number of hydrogen-bond donors (Lipinski definition) is 3. The fraction of sp³-hybridized carbons (Fsp3) is 1.00. The molecule has 0 aliphatic rings. The first-order valence-electron chi connectivity index (χ1n) is 4.19. The van der Waals surface area contributed by atoms with Crippen LogP contribution < -0.4 is 0 Å². The molecule has 0 N–H and O–H groups in total. The molecular weight excluding hydrogens is 192 g/mol. The maximum Gasteiger partial charge on any atom is 0.101 e. The maximum absolute atomic E-state index is 4.33. The summed E-state index contributed by atoms with van der Waals surface area (Å²) in [5.74, 6) is 0.512. The molecule has 0 aliphatic heterocycles. The Morgan fingerprint density at radius 2 is 1.73 bits per heavy atom. The van der Waals surface area contributed by atoms with Crippen LogP contribution in [0.15, 0.2) is 0 Å². The van der Waals surface area contributed by atoms with Gasteiger partial charge in [0.15, 0.2) is 0 Å². The SMILES string of the molecule is CCCCC(CC)C(S)(S)S. The van der Waals surface area contributed by atoms with Gasteiger partial charge in [-0.3, -0.25) is 0 Å². The first kappa shape index (κ1) is 12.0. The number of unbranched alkanes of at least 4 members (excludes halogenated alkanes) is 1. The smallest absolute Gasteiger partial charge is 0.101 e. The average Bonchev–Trinajstić information content (AvgIpc) is 1.87. The molecule has 0 saturated heterocycles. The van der Waals surface area contributed by atoms with Gasteiger partial charge in [0.25, 0.3) is 0 Å². The Morgan fingerprint density at radius 3 is 2.00 bits per heavy atom. The van der Waals surface area contributed by atoms with E-state index in [-0.39, 0.29) is 0 Å². The Balaban J connectivity index is 3.76. The highest BCUT2D eigenvalue weighted by atomic mass is 32.2. The predicted octanol–water partition coefficient (Wildman–Crippen LogP) is 3.65. The predicted molar refractivity (Wildman–Crippen MR) is 63.0 cm³/mol. The van der Waals surface area contributed by atoms with Crippen LogP contribution in [0.5, 0.6) is 0 Å². The van der Waals surface area contributed by atoms with Crippen LogP contribution in [0.1, 0.15) is 39.5 Å². The minimum absolute atomic E-state index is 0.399. The highest BCUT2D eigenvalue weighted by Crippen LogP contribution is 2.38. The van der Waals surface area contributed by atoms with E-state index in [4.69, 9.17) is 0 Å². The van der Waals surface area contributed by atoms with Gasteiger partial charge in [-0.25, -0.2) is 0 Å². The van der Waals surface area contributed by atoms with Crippen molar-refractivity contribution in [1.29, 1.82) is 0 Å². The van der Waals surface area contributed by atoms with Crippen molar-refractivity contribution in [2.45, 2.75) is 42.9 Å². The Hall–Kier alpha value is 1.05. The zero-order valence-corrected chi connectivity index (χ0v) is 9.93. The van der Waals surface area contributed by atoms with E-state index in [1.54, 1.807) is 0 Å². The standard InChI is InChI=1S/C8H18S3/c1-3-5-6-7(4-2)8(9,10)11/h7,9-11H,3-6H2,1-2H3. The fourth-order valence-electron chi connectivity index (χ4n) is 1.12. The summed E-state index contributed by atoms with van der Waals surface area (Å²) in [6.07, 6.45) is 4.78. The molecule has 1 atom stereocenters. The van der Waals surface area contributed by atoms with E-state index in [0.29, 0.717) is 5.92 Å². The van der Waals surface area contributed by atoms with Crippen molar-refractivity contribution in [2.24, 2.45) is 5.92 Å². The van der Waals surface area contributed by atoms with E-state index < -0.39 is 3.41 Å². The highest BCUT2D eigenvalue weighted by molar-refractivity contribution is 8.17. The van der Waals surface area contributed by atoms with Gasteiger partial charge in [0.2, 0.25) is 0 Å². The van der Waals surface area contributed by atoms with Gasteiger partial charge in [-0.15, -0.1) is 0 Å². The zero-order chi connectivity index (χ0) is 8.91. The molecule has 11 heavy (non-hydrogen) atoms. The highest BCUT2D eigenvalue weighted by Gasteiger charge is 2.25. The van der Waals surface area contributed by atoms with Gasteiger partial charge in [-0.05, 0) is 12.3 Å². The van der Waals surface area contributed by atoms with E-state index in [0.717, 1.165) is 6.42 Å². The van der Waals surface area contributed by atoms with Crippen LogP contribution in [-0.4, -0.2) is 3.41 Å². The van der Waals surface area contributed by atoms with E-state index in [2.05, 4.69) is 51.7 Å². The summed E-state index contributed by atoms with van der Waals surface area (Å²) in [6.45, 7) is 4.36. The van der Waals surface area contributed by atoms with Gasteiger partial charge in [-0.1, -0.05) is 33.1 Å². The summed E-state index contributed by atoms with van der Waals surface area (Å²) in [5.41, 5.74) is 0. The van der Waals surface area contributed by atoms with Gasteiger partial charge in [0.1, 0.15) is 3.41 Å². The van der Waals surface area contributed by atoms with Gasteiger partial charge < -0.3 is 0 Å². The molecule has 0 nitrogen and oxygen atoms in total. The van der Waals surface area contributed by atoms with Gasteiger partial charge in [0, 0.05) is 0 Å². The molecule has 1 unspecified atom stereocenters. The summed E-state index contributed by atoms with van der Waals surface area (Å²) in [7, 11) is 0. The summed E-state index contributed by atoms with van der Waals surface area (Å²) < 4.78 is -0.399. The molecule has 0 aromatic rings. The van der Waals surface area contributed by atoms with Gasteiger partial charge in [0.05, 0.1) is 0 Å². The molecular formula is C8H18S3. The molecule has 0 radical (unpaired) electrons. The third-order valence-electron chi connectivity index (χ3n) is 1.95. The quantitative estimate of drug-likeness (QED) is 0.448. The summed E-state index contributed by atoms with van der Waals surface area (Å²) >= 11 is 13.0. The lowest BCUT2D eigenvalue weighted by atomic mass is 10.0. The van der Waals surface area contributed by atoms with Crippen molar-refractivity contribution in [2.75, 3.05) is 0 Å². The van der Waals surface area contributed by atoms with Crippen molar-refractivity contribution in [1.82, 2.24) is 0 Å². The van der Waals surface area contributed by atoms with Gasteiger partial charge >= 0.3 is 0 Å². The lowest BCUT2D eigenvalue weighted by Crippen LogP contribution is -2.18. The molecule has 0 spiro atoms. The van der Waals surface area contributed by atoms with Crippen molar-refractivity contribution in [3.8, 4) is 0 Å². The van der Waals surface area contributed by atoms with E-state index in [1.165, 1.54) is 19.3 Å². The fourth-order valence-corrected chi connectivity index (χ4v) is 2.06. The monoisotopic (exact) mass is 210 g/mol. The molecule has 0 bridgehead atoms. The molecule has 0 fully saturated rings. The molecule has 0 aromatic carbocycles. The molecule has 0 saturated carbocycles. The van der Waals surface area contributed by atoms with Crippen molar-refractivity contribution in [3.05, 3.63) is 0 Å². The average molecular weight is 210 g/mol. The molecule has 0 aromatic heterocycles. The second-order valence-corrected chi connectivity index (χ2v) is 6.11. The van der Waals surface area contributed by atoms with E-state index in [1.807, 2.05) is 0 Å². The number of rotatable bonds is 5. The lowest BCUT2D eigenvalue weighted by molar-refractivity contribution is 0.474. The first-order valence-corrected chi connectivity index (χ1v) is 5.53. The zero-order valence-electron chi connectivity index (χ0n) is 7.25. The molecule has 0 rings (SSSR count). The molecule has 0 heterocycles. The van der Waals surface area contributed by atoms with Crippen LogP contribution in [0.2, 0.25) is 0 Å². The van der Waals surface area contributed by atoms with Crippen LogP contribution in [0.25, 0.3) is 0 Å². The molecule has 68 valence electrons. The largest absolute Gasteiger partial charge is 0.151 e. The maximum atomic E-state index is 4.33. The number of thiol groups is 3.